The molecule has 0 saturated heterocycles. The van der Waals surface area contributed by atoms with Crippen LogP contribution in [0, 0.1) is 0 Å². The average Bonchev–Trinajstić information content (AvgIpc) is 3.31. The Hall–Kier alpha value is -2.89. The van der Waals surface area contributed by atoms with Crippen molar-refractivity contribution in [3.05, 3.63) is 119 Å². The lowest BCUT2D eigenvalue weighted by atomic mass is 9.84. The summed E-state index contributed by atoms with van der Waals surface area (Å²) >= 11 is 3.12. The lowest BCUT2D eigenvalue weighted by Crippen LogP contribution is -2.25. The molecule has 0 radical (unpaired) electrons. The second-order valence-electron chi connectivity index (χ2n) is 7.01. The van der Waals surface area contributed by atoms with E-state index < -0.39 is 4.75 Å². The van der Waals surface area contributed by atoms with Crippen LogP contribution >= 0.6 is 23.1 Å². The molecule has 0 bridgehead atoms. The Balaban J connectivity index is 1.90. The summed E-state index contributed by atoms with van der Waals surface area (Å²) in [6, 6.07) is 31.3. The first-order chi connectivity index (χ1) is 15.3. The molecule has 0 aliphatic heterocycles. The molecule has 156 valence electrons. The highest BCUT2D eigenvalue weighted by Crippen LogP contribution is 2.53. The van der Waals surface area contributed by atoms with Crippen LogP contribution in [0.2, 0.25) is 0 Å². The van der Waals surface area contributed by atoms with Gasteiger partial charge in [0.2, 0.25) is 0 Å². The highest BCUT2D eigenvalue weighted by atomic mass is 32.2. The van der Waals surface area contributed by atoms with E-state index in [0.29, 0.717) is 12.3 Å². The van der Waals surface area contributed by atoms with Gasteiger partial charge in [-0.2, -0.15) is 0 Å². The lowest BCUT2D eigenvalue weighted by molar-refractivity contribution is 0.0495. The van der Waals surface area contributed by atoms with Crippen LogP contribution in [-0.2, 0) is 9.48 Å². The number of hydrogen-bond acceptors (Lipinski definition) is 5. The molecule has 0 atom stereocenters. The van der Waals surface area contributed by atoms with Crippen LogP contribution in [0.1, 0.15) is 40.5 Å². The summed E-state index contributed by atoms with van der Waals surface area (Å²) in [6.45, 7) is 2.37. The minimum Gasteiger partial charge on any atom is -0.461 e. The van der Waals surface area contributed by atoms with Gasteiger partial charge in [-0.15, -0.1) is 11.3 Å². The first kappa shape index (κ1) is 21.3. The number of thioether (sulfide) groups is 1. The van der Waals surface area contributed by atoms with Crippen LogP contribution in [0.5, 0.6) is 0 Å². The monoisotopic (exact) mass is 445 g/mol. The molecule has 1 aromatic heterocycles. The van der Waals surface area contributed by atoms with Gasteiger partial charge in [0.1, 0.15) is 0 Å². The molecule has 0 saturated carbocycles. The summed E-state index contributed by atoms with van der Waals surface area (Å²) in [4.78, 5) is 17.0. The number of rotatable bonds is 8. The SMILES string of the molecule is CCCOC(=O)c1ncsc1SC(c1ccccc1)(c1ccccc1)c1ccccc1. The summed E-state index contributed by atoms with van der Waals surface area (Å²) < 4.78 is 5.70. The van der Waals surface area contributed by atoms with E-state index in [9.17, 15) is 4.79 Å². The number of ether oxygens (including phenoxy) is 1. The van der Waals surface area contributed by atoms with E-state index in [4.69, 9.17) is 4.74 Å². The number of thiazole rings is 1. The van der Waals surface area contributed by atoms with E-state index in [2.05, 4.69) is 77.8 Å². The molecule has 0 fully saturated rings. The van der Waals surface area contributed by atoms with Crippen molar-refractivity contribution >= 4 is 29.1 Å². The molecule has 0 unspecified atom stereocenters. The Morgan fingerprint density at radius 3 is 1.81 bits per heavy atom. The summed E-state index contributed by atoms with van der Waals surface area (Å²) in [7, 11) is 0. The highest BCUT2D eigenvalue weighted by Gasteiger charge is 2.39. The van der Waals surface area contributed by atoms with Gasteiger partial charge in [0.15, 0.2) is 5.69 Å². The molecule has 1 heterocycles. The normalized spacial score (nSPS) is 11.3. The first-order valence-electron chi connectivity index (χ1n) is 10.2. The van der Waals surface area contributed by atoms with Gasteiger partial charge in [-0.05, 0) is 23.1 Å². The molecule has 3 nitrogen and oxygen atoms in total. The number of hydrogen-bond donors (Lipinski definition) is 0. The van der Waals surface area contributed by atoms with Gasteiger partial charge in [-0.3, -0.25) is 0 Å². The van der Waals surface area contributed by atoms with E-state index >= 15 is 0 Å². The van der Waals surface area contributed by atoms with Crippen LogP contribution < -0.4 is 0 Å². The number of carbonyl (C=O) groups excluding carboxylic acids is 1. The van der Waals surface area contributed by atoms with Crippen molar-refractivity contribution in [1.82, 2.24) is 4.98 Å². The Labute approximate surface area is 191 Å². The zero-order valence-electron chi connectivity index (χ0n) is 17.2. The van der Waals surface area contributed by atoms with Crippen molar-refractivity contribution in [1.29, 1.82) is 0 Å². The minimum absolute atomic E-state index is 0.367. The molecular formula is C26H23NO2S2. The van der Waals surface area contributed by atoms with Crippen molar-refractivity contribution < 1.29 is 9.53 Å². The Bertz CT molecular complexity index is 1020. The second-order valence-corrected chi connectivity index (χ2v) is 9.34. The van der Waals surface area contributed by atoms with E-state index in [1.807, 2.05) is 25.1 Å². The van der Waals surface area contributed by atoms with Crippen LogP contribution in [-0.4, -0.2) is 17.6 Å². The Morgan fingerprint density at radius 2 is 1.35 bits per heavy atom. The van der Waals surface area contributed by atoms with Gasteiger partial charge < -0.3 is 4.74 Å². The van der Waals surface area contributed by atoms with E-state index in [1.54, 1.807) is 17.3 Å². The third kappa shape index (κ3) is 4.43. The van der Waals surface area contributed by atoms with Crippen molar-refractivity contribution in [3.63, 3.8) is 0 Å². The molecule has 0 aliphatic rings. The van der Waals surface area contributed by atoms with Crippen molar-refractivity contribution in [3.8, 4) is 0 Å². The number of aromatic nitrogens is 1. The Kier molecular flexibility index (Phi) is 6.85. The van der Waals surface area contributed by atoms with Gasteiger partial charge in [0.05, 0.1) is 21.1 Å². The zero-order chi connectivity index (χ0) is 21.5. The Morgan fingerprint density at radius 1 is 0.871 bits per heavy atom. The van der Waals surface area contributed by atoms with Crippen LogP contribution in [0.3, 0.4) is 0 Å². The van der Waals surface area contributed by atoms with Gasteiger partial charge in [-0.25, -0.2) is 9.78 Å². The number of esters is 1. The molecule has 4 rings (SSSR count). The van der Waals surface area contributed by atoms with E-state index in [1.165, 1.54) is 11.3 Å². The molecule has 0 aliphatic carbocycles. The molecule has 0 N–H and O–H groups in total. The molecule has 0 amide bonds. The van der Waals surface area contributed by atoms with Crippen molar-refractivity contribution in [2.24, 2.45) is 0 Å². The van der Waals surface area contributed by atoms with Gasteiger partial charge in [0.25, 0.3) is 0 Å². The quantitative estimate of drug-likeness (QED) is 0.170. The fourth-order valence-electron chi connectivity index (χ4n) is 3.54. The molecule has 0 spiro atoms. The number of carbonyl (C=O) groups is 1. The lowest BCUT2D eigenvalue weighted by Gasteiger charge is -2.35. The summed E-state index contributed by atoms with van der Waals surface area (Å²) in [5, 5.41) is 0. The molecule has 4 aromatic rings. The smallest absolute Gasteiger partial charge is 0.358 e. The molecular weight excluding hydrogens is 422 g/mol. The van der Waals surface area contributed by atoms with Crippen LogP contribution in [0.4, 0.5) is 0 Å². The topological polar surface area (TPSA) is 39.2 Å². The zero-order valence-corrected chi connectivity index (χ0v) is 18.9. The van der Waals surface area contributed by atoms with Gasteiger partial charge in [-0.1, -0.05) is 110 Å². The fourth-order valence-corrected chi connectivity index (χ4v) is 6.01. The summed E-state index contributed by atoms with van der Waals surface area (Å²) in [5.74, 6) is -0.367. The minimum atomic E-state index is -0.546. The number of nitrogens with zero attached hydrogens (tertiary/aromatic N) is 1. The molecule has 31 heavy (non-hydrogen) atoms. The standard InChI is InChI=1S/C26H23NO2S2/c1-2-18-29-24(28)23-25(30-19-27-23)31-26(20-12-6-3-7-13-20,21-14-8-4-9-15-21)22-16-10-5-11-17-22/h3-17,19H,2,18H2,1H3. The number of benzene rings is 3. The van der Waals surface area contributed by atoms with E-state index in [0.717, 1.165) is 27.3 Å². The van der Waals surface area contributed by atoms with Crippen molar-refractivity contribution in [2.75, 3.05) is 6.61 Å². The summed E-state index contributed by atoms with van der Waals surface area (Å²) in [6.07, 6.45) is 0.778. The maximum absolute atomic E-state index is 12.7. The molecule has 5 heteroatoms. The van der Waals surface area contributed by atoms with E-state index in [-0.39, 0.29) is 5.97 Å². The van der Waals surface area contributed by atoms with Gasteiger partial charge >= 0.3 is 5.97 Å². The summed E-state index contributed by atoms with van der Waals surface area (Å²) in [5.41, 5.74) is 5.52. The third-order valence-corrected chi connectivity index (χ3v) is 7.50. The average molecular weight is 446 g/mol. The van der Waals surface area contributed by atoms with Crippen LogP contribution in [0.15, 0.2) is 101 Å². The maximum Gasteiger partial charge on any atom is 0.358 e. The molecule has 3 aromatic carbocycles. The highest BCUT2D eigenvalue weighted by molar-refractivity contribution is 8.02. The largest absolute Gasteiger partial charge is 0.461 e. The maximum atomic E-state index is 12.7. The van der Waals surface area contributed by atoms with Crippen molar-refractivity contribution in [2.45, 2.75) is 22.3 Å². The third-order valence-electron chi connectivity index (χ3n) is 4.95. The van der Waals surface area contributed by atoms with Gasteiger partial charge in [0, 0.05) is 0 Å². The fraction of sp³-hybridized carbons (Fsp3) is 0.154. The first-order valence-corrected chi connectivity index (χ1v) is 11.9. The van der Waals surface area contributed by atoms with Crippen LogP contribution in [0.25, 0.3) is 0 Å². The predicted molar refractivity (Wildman–Crippen MR) is 128 cm³/mol. The predicted octanol–water partition coefficient (Wildman–Crippen LogP) is 6.79. The second kappa shape index (κ2) is 9.94.